The molecule has 2 aromatic rings. The molecule has 1 N–H and O–H groups in total. The van der Waals surface area contributed by atoms with Crippen LogP contribution in [-0.4, -0.2) is 11.5 Å². The first kappa shape index (κ1) is 13.2. The fraction of sp³-hybridized carbons (Fsp3) is 0.267. The van der Waals surface area contributed by atoms with Crippen molar-refractivity contribution >= 4 is 15.9 Å². The zero-order valence-electron chi connectivity index (χ0n) is 10.7. The molecule has 0 spiro atoms. The molecule has 0 aliphatic heterocycles. The molecule has 94 valence electrons. The summed E-state index contributed by atoms with van der Waals surface area (Å²) in [5, 5.41) is 3.48. The average molecular weight is 305 g/mol. The van der Waals surface area contributed by atoms with Gasteiger partial charge >= 0.3 is 0 Å². The average Bonchev–Trinajstić information content (AvgIpc) is 2.38. The normalized spacial score (nSPS) is 12.4. The molecule has 1 aromatic carbocycles. The van der Waals surface area contributed by atoms with Crippen molar-refractivity contribution in [3.8, 4) is 0 Å². The van der Waals surface area contributed by atoms with E-state index in [-0.39, 0.29) is 6.04 Å². The highest BCUT2D eigenvalue weighted by molar-refractivity contribution is 9.10. The number of hydrogen-bond donors (Lipinski definition) is 1. The minimum Gasteiger partial charge on any atom is -0.305 e. The number of benzene rings is 1. The zero-order valence-corrected chi connectivity index (χ0v) is 12.2. The Labute approximate surface area is 117 Å². The second-order valence-corrected chi connectivity index (χ2v) is 5.13. The summed E-state index contributed by atoms with van der Waals surface area (Å²) in [4.78, 5) is 4.49. The van der Waals surface area contributed by atoms with Gasteiger partial charge < -0.3 is 5.32 Å². The molecule has 0 fully saturated rings. The fourth-order valence-electron chi connectivity index (χ4n) is 1.95. The number of aryl methyl sites for hydroxylation is 1. The van der Waals surface area contributed by atoms with Gasteiger partial charge in [0.1, 0.15) is 0 Å². The van der Waals surface area contributed by atoms with Crippen molar-refractivity contribution in [2.24, 2.45) is 0 Å². The van der Waals surface area contributed by atoms with Gasteiger partial charge in [-0.1, -0.05) is 36.8 Å². The summed E-state index contributed by atoms with van der Waals surface area (Å²) < 4.78 is 1.04. The first-order chi connectivity index (χ1) is 8.72. The molecule has 2 nitrogen and oxygen atoms in total. The molecular formula is C15H17BrN2. The molecule has 1 atom stereocenters. The van der Waals surface area contributed by atoms with Crippen molar-refractivity contribution in [1.82, 2.24) is 10.3 Å². The third-order valence-corrected chi connectivity index (χ3v) is 3.55. The Balaban J connectivity index is 2.40. The lowest BCUT2D eigenvalue weighted by Crippen LogP contribution is -2.23. The van der Waals surface area contributed by atoms with E-state index >= 15 is 0 Å². The van der Waals surface area contributed by atoms with Gasteiger partial charge in [-0.15, -0.1) is 0 Å². The van der Waals surface area contributed by atoms with E-state index in [1.807, 2.05) is 18.3 Å². The predicted molar refractivity (Wildman–Crippen MR) is 78.6 cm³/mol. The number of nitrogens with zero attached hydrogens (tertiary/aromatic N) is 1. The smallest absolute Gasteiger partial charge is 0.0762 e. The Morgan fingerprint density at radius 2 is 1.94 bits per heavy atom. The molecule has 0 radical (unpaired) electrons. The van der Waals surface area contributed by atoms with Crippen LogP contribution in [0.5, 0.6) is 0 Å². The summed E-state index contributed by atoms with van der Waals surface area (Å²) in [6, 6.07) is 12.7. The Morgan fingerprint density at radius 1 is 1.22 bits per heavy atom. The molecule has 1 unspecified atom stereocenters. The van der Waals surface area contributed by atoms with Gasteiger partial charge in [-0.05, 0) is 47.1 Å². The summed E-state index contributed by atoms with van der Waals surface area (Å²) in [6.45, 7) is 5.11. The maximum absolute atomic E-state index is 4.49. The van der Waals surface area contributed by atoms with Gasteiger partial charge in [-0.3, -0.25) is 4.98 Å². The van der Waals surface area contributed by atoms with E-state index in [1.165, 1.54) is 11.1 Å². The Morgan fingerprint density at radius 3 is 2.56 bits per heavy atom. The van der Waals surface area contributed by atoms with Crippen LogP contribution in [-0.2, 0) is 0 Å². The van der Waals surface area contributed by atoms with Gasteiger partial charge in [0.15, 0.2) is 0 Å². The summed E-state index contributed by atoms with van der Waals surface area (Å²) in [6.07, 6.45) is 1.83. The van der Waals surface area contributed by atoms with Crippen molar-refractivity contribution in [3.05, 3.63) is 63.9 Å². The third kappa shape index (κ3) is 2.98. The van der Waals surface area contributed by atoms with Crippen molar-refractivity contribution in [2.75, 3.05) is 6.54 Å². The number of halogens is 1. The standard InChI is InChI=1S/C15H17BrN2/c1-3-17-14(12-8-6-11(2)7-9-12)15-13(16)5-4-10-18-15/h4-10,14,17H,3H2,1-2H3. The van der Waals surface area contributed by atoms with Crippen LogP contribution in [0.1, 0.15) is 29.8 Å². The first-order valence-corrected chi connectivity index (χ1v) is 6.92. The Kier molecular flexibility index (Phi) is 4.50. The molecule has 0 aliphatic carbocycles. The molecule has 0 aliphatic rings. The Hall–Kier alpha value is -1.19. The van der Waals surface area contributed by atoms with Crippen LogP contribution >= 0.6 is 15.9 Å². The summed E-state index contributed by atoms with van der Waals surface area (Å²) >= 11 is 3.58. The summed E-state index contributed by atoms with van der Waals surface area (Å²) in [5.74, 6) is 0. The van der Waals surface area contributed by atoms with Gasteiger partial charge in [0, 0.05) is 10.7 Å². The van der Waals surface area contributed by atoms with Gasteiger partial charge in [-0.2, -0.15) is 0 Å². The van der Waals surface area contributed by atoms with Crippen LogP contribution in [0, 0.1) is 6.92 Å². The summed E-state index contributed by atoms with van der Waals surface area (Å²) in [5.41, 5.74) is 3.54. The molecule has 0 saturated heterocycles. The van der Waals surface area contributed by atoms with Crippen molar-refractivity contribution < 1.29 is 0 Å². The molecule has 3 heteroatoms. The highest BCUT2D eigenvalue weighted by Crippen LogP contribution is 2.26. The van der Waals surface area contributed by atoms with Crippen LogP contribution in [0.2, 0.25) is 0 Å². The van der Waals surface area contributed by atoms with Gasteiger partial charge in [0.25, 0.3) is 0 Å². The van der Waals surface area contributed by atoms with Crippen LogP contribution in [0.15, 0.2) is 47.1 Å². The van der Waals surface area contributed by atoms with Crippen molar-refractivity contribution in [1.29, 1.82) is 0 Å². The maximum atomic E-state index is 4.49. The van der Waals surface area contributed by atoms with Gasteiger partial charge in [-0.25, -0.2) is 0 Å². The molecule has 0 bridgehead atoms. The summed E-state index contributed by atoms with van der Waals surface area (Å²) in [7, 11) is 0. The monoisotopic (exact) mass is 304 g/mol. The second kappa shape index (κ2) is 6.12. The number of pyridine rings is 1. The number of rotatable bonds is 4. The van der Waals surface area contributed by atoms with Gasteiger partial charge in [0.2, 0.25) is 0 Å². The van der Waals surface area contributed by atoms with Gasteiger partial charge in [0.05, 0.1) is 11.7 Å². The first-order valence-electron chi connectivity index (χ1n) is 6.12. The topological polar surface area (TPSA) is 24.9 Å². The molecule has 0 amide bonds. The van der Waals surface area contributed by atoms with E-state index in [4.69, 9.17) is 0 Å². The van der Waals surface area contributed by atoms with Crippen LogP contribution in [0.25, 0.3) is 0 Å². The zero-order chi connectivity index (χ0) is 13.0. The lowest BCUT2D eigenvalue weighted by Gasteiger charge is -2.19. The predicted octanol–water partition coefficient (Wildman–Crippen LogP) is 3.85. The van der Waals surface area contributed by atoms with Crippen LogP contribution in [0.3, 0.4) is 0 Å². The molecular weight excluding hydrogens is 288 g/mol. The molecule has 1 aromatic heterocycles. The van der Waals surface area contributed by atoms with Crippen LogP contribution in [0.4, 0.5) is 0 Å². The Bertz CT molecular complexity index is 508. The quantitative estimate of drug-likeness (QED) is 0.928. The molecule has 18 heavy (non-hydrogen) atoms. The maximum Gasteiger partial charge on any atom is 0.0762 e. The van der Waals surface area contributed by atoms with E-state index in [1.54, 1.807) is 0 Å². The molecule has 0 saturated carbocycles. The van der Waals surface area contributed by atoms with Crippen LogP contribution < -0.4 is 5.32 Å². The largest absolute Gasteiger partial charge is 0.305 e. The lowest BCUT2D eigenvalue weighted by molar-refractivity contribution is 0.613. The van der Waals surface area contributed by atoms with Crippen molar-refractivity contribution in [3.63, 3.8) is 0 Å². The van der Waals surface area contributed by atoms with Crippen molar-refractivity contribution in [2.45, 2.75) is 19.9 Å². The number of nitrogens with one attached hydrogen (secondary N) is 1. The molecule has 1 heterocycles. The van der Waals surface area contributed by atoms with E-state index in [0.29, 0.717) is 0 Å². The lowest BCUT2D eigenvalue weighted by atomic mass is 10.0. The number of hydrogen-bond acceptors (Lipinski definition) is 2. The highest BCUT2D eigenvalue weighted by atomic mass is 79.9. The molecule has 2 rings (SSSR count). The van der Waals surface area contributed by atoms with E-state index in [0.717, 1.165) is 16.7 Å². The minimum atomic E-state index is 0.131. The highest BCUT2D eigenvalue weighted by Gasteiger charge is 2.16. The minimum absolute atomic E-state index is 0.131. The number of aromatic nitrogens is 1. The van der Waals surface area contributed by atoms with E-state index in [2.05, 4.69) is 64.3 Å². The third-order valence-electron chi connectivity index (χ3n) is 2.88. The van der Waals surface area contributed by atoms with E-state index < -0.39 is 0 Å². The fourth-order valence-corrected chi connectivity index (χ4v) is 2.43. The second-order valence-electron chi connectivity index (χ2n) is 4.27. The SMILES string of the molecule is CCNC(c1ccc(C)cc1)c1ncccc1Br. The van der Waals surface area contributed by atoms with E-state index in [9.17, 15) is 0 Å².